The summed E-state index contributed by atoms with van der Waals surface area (Å²) in [6, 6.07) is 10.9. The van der Waals surface area contributed by atoms with Crippen molar-refractivity contribution in [1.82, 2.24) is 4.57 Å². The first-order chi connectivity index (χ1) is 9.16. The van der Waals surface area contributed by atoms with Crippen molar-refractivity contribution in [3.8, 4) is 0 Å². The Labute approximate surface area is 124 Å². The molecule has 20 heavy (non-hydrogen) atoms. The van der Waals surface area contributed by atoms with E-state index < -0.39 is 8.24 Å². The topological polar surface area (TPSA) is 20.3 Å². The van der Waals surface area contributed by atoms with Crippen LogP contribution in [-0.4, -0.2) is 24.7 Å². The lowest BCUT2D eigenvalue weighted by Crippen LogP contribution is -2.72. The van der Waals surface area contributed by atoms with Gasteiger partial charge in [0.15, 0.2) is 8.24 Å². The summed E-state index contributed by atoms with van der Waals surface area (Å²) in [5.41, 5.74) is 1.33. The van der Waals surface area contributed by atoms with Crippen LogP contribution in [-0.2, 0) is 11.2 Å². The number of nitrogens with zero attached hydrogens (tertiary/aromatic N) is 1. The van der Waals surface area contributed by atoms with Crippen molar-refractivity contribution in [2.75, 3.05) is 0 Å². The van der Waals surface area contributed by atoms with Crippen LogP contribution in [0.2, 0.25) is 18.1 Å². The summed E-state index contributed by atoms with van der Waals surface area (Å²) < 4.78 is 2.25. The average Bonchev–Trinajstić information content (AvgIpc) is 2.37. The quantitative estimate of drug-likeness (QED) is 0.606. The number of benzene rings is 1. The van der Waals surface area contributed by atoms with Gasteiger partial charge in [0.05, 0.1) is 5.92 Å². The zero-order chi connectivity index (χ0) is 15.1. The van der Waals surface area contributed by atoms with Gasteiger partial charge in [-0.05, 0) is 17.0 Å². The molecule has 1 aliphatic rings. The maximum absolute atomic E-state index is 12.4. The summed E-state index contributed by atoms with van der Waals surface area (Å²) >= 11 is 0. The molecule has 2 rings (SSSR count). The smallest absolute Gasteiger partial charge is 0.219 e. The van der Waals surface area contributed by atoms with Crippen molar-refractivity contribution in [3.63, 3.8) is 0 Å². The maximum Gasteiger partial charge on any atom is 0.219 e. The monoisotopic (exact) mass is 289 g/mol. The van der Waals surface area contributed by atoms with Crippen LogP contribution in [0, 0.1) is 5.92 Å². The van der Waals surface area contributed by atoms with Gasteiger partial charge in [0.2, 0.25) is 5.91 Å². The molecule has 1 saturated heterocycles. The molecule has 1 aromatic carbocycles. The molecule has 0 unspecified atom stereocenters. The normalized spacial score (nSPS) is 23.7. The van der Waals surface area contributed by atoms with Crippen LogP contribution in [0.5, 0.6) is 0 Å². The van der Waals surface area contributed by atoms with Gasteiger partial charge in [0.25, 0.3) is 0 Å². The van der Waals surface area contributed by atoms with E-state index in [4.69, 9.17) is 0 Å². The third-order valence-corrected chi connectivity index (χ3v) is 10.7. The van der Waals surface area contributed by atoms with Crippen LogP contribution in [0.3, 0.4) is 0 Å². The van der Waals surface area contributed by atoms with Gasteiger partial charge in [-0.2, -0.15) is 0 Å². The van der Waals surface area contributed by atoms with Gasteiger partial charge in [0.1, 0.15) is 0 Å². The number of amides is 1. The highest BCUT2D eigenvalue weighted by atomic mass is 28.3. The molecule has 1 heterocycles. The van der Waals surface area contributed by atoms with E-state index in [9.17, 15) is 4.79 Å². The third-order valence-electron chi connectivity index (χ3n) is 5.26. The molecule has 1 aliphatic heterocycles. The summed E-state index contributed by atoms with van der Waals surface area (Å²) in [4.78, 5) is 12.4. The predicted molar refractivity (Wildman–Crippen MR) is 87.1 cm³/mol. The summed E-state index contributed by atoms with van der Waals surface area (Å²) in [5, 5.41) is 0.206. The molecule has 0 aliphatic carbocycles. The van der Waals surface area contributed by atoms with Crippen molar-refractivity contribution in [3.05, 3.63) is 35.9 Å². The van der Waals surface area contributed by atoms with Crippen molar-refractivity contribution >= 4 is 14.1 Å². The van der Waals surface area contributed by atoms with E-state index in [0.29, 0.717) is 11.9 Å². The summed E-state index contributed by atoms with van der Waals surface area (Å²) in [5.74, 6) is 0.529. The van der Waals surface area contributed by atoms with Crippen LogP contribution in [0.15, 0.2) is 30.3 Å². The van der Waals surface area contributed by atoms with Crippen molar-refractivity contribution < 1.29 is 4.79 Å². The second-order valence-electron chi connectivity index (χ2n) is 7.56. The molecular weight excluding hydrogens is 262 g/mol. The van der Waals surface area contributed by atoms with Gasteiger partial charge in [-0.15, -0.1) is 0 Å². The van der Waals surface area contributed by atoms with Crippen LogP contribution in [0.25, 0.3) is 0 Å². The van der Waals surface area contributed by atoms with E-state index in [1.165, 1.54) is 5.56 Å². The van der Waals surface area contributed by atoms with E-state index >= 15 is 0 Å². The number of carbonyl (C=O) groups is 1. The SMILES string of the molecule is C[C@@H]1C(=O)N([Si](C)(C)C(C)(C)C)[C@H]1Cc1ccccc1. The van der Waals surface area contributed by atoms with Crippen molar-refractivity contribution in [2.45, 2.75) is 58.3 Å². The highest BCUT2D eigenvalue weighted by Crippen LogP contribution is 2.45. The van der Waals surface area contributed by atoms with Gasteiger partial charge in [0, 0.05) is 6.04 Å². The zero-order valence-corrected chi connectivity index (χ0v) is 14.6. The standard InChI is InChI=1S/C17H27NOSi/c1-13-15(12-14-10-8-7-9-11-14)18(16(13)19)20(5,6)17(2,3)4/h7-11,13,15H,12H2,1-6H3/t13-,15-/m0/s1. The average molecular weight is 289 g/mol. The fourth-order valence-electron chi connectivity index (χ4n) is 2.86. The van der Waals surface area contributed by atoms with Crippen LogP contribution in [0.4, 0.5) is 0 Å². The number of hydrogen-bond acceptors (Lipinski definition) is 1. The molecule has 110 valence electrons. The molecule has 3 heteroatoms. The second kappa shape index (κ2) is 5.03. The second-order valence-corrected chi connectivity index (χ2v) is 12.7. The molecule has 2 atom stereocenters. The molecule has 0 spiro atoms. The lowest BCUT2D eigenvalue weighted by Gasteiger charge is -2.58. The van der Waals surface area contributed by atoms with Crippen LogP contribution < -0.4 is 0 Å². The Kier molecular flexibility index (Phi) is 3.85. The van der Waals surface area contributed by atoms with E-state index in [1.807, 2.05) is 6.07 Å². The molecule has 0 aromatic heterocycles. The maximum atomic E-state index is 12.4. The first-order valence-electron chi connectivity index (χ1n) is 7.53. The fourth-order valence-corrected chi connectivity index (χ4v) is 5.49. The molecule has 0 radical (unpaired) electrons. The van der Waals surface area contributed by atoms with Crippen molar-refractivity contribution in [2.24, 2.45) is 5.92 Å². The van der Waals surface area contributed by atoms with E-state index in [-0.39, 0.29) is 11.0 Å². The predicted octanol–water partition coefficient (Wildman–Crippen LogP) is 4.08. The first kappa shape index (κ1) is 15.3. The molecule has 1 amide bonds. The van der Waals surface area contributed by atoms with E-state index in [0.717, 1.165) is 6.42 Å². The third kappa shape index (κ3) is 2.44. The van der Waals surface area contributed by atoms with E-state index in [2.05, 4.69) is 69.6 Å². The molecule has 1 aromatic rings. The van der Waals surface area contributed by atoms with Gasteiger partial charge in [-0.1, -0.05) is 71.1 Å². The minimum Gasteiger partial charge on any atom is -0.365 e. The lowest BCUT2D eigenvalue weighted by atomic mass is 9.87. The van der Waals surface area contributed by atoms with Crippen LogP contribution >= 0.6 is 0 Å². The minimum absolute atomic E-state index is 0.171. The summed E-state index contributed by atoms with van der Waals surface area (Å²) in [6.07, 6.45) is 0.986. The fraction of sp³-hybridized carbons (Fsp3) is 0.588. The Morgan fingerprint density at radius 3 is 2.20 bits per heavy atom. The van der Waals surface area contributed by atoms with Crippen molar-refractivity contribution in [1.29, 1.82) is 0 Å². The van der Waals surface area contributed by atoms with Gasteiger partial charge >= 0.3 is 0 Å². The lowest BCUT2D eigenvalue weighted by molar-refractivity contribution is -0.146. The minimum atomic E-state index is -1.76. The molecule has 1 fully saturated rings. The first-order valence-corrected chi connectivity index (χ1v) is 10.5. The Balaban J connectivity index is 2.22. The number of carbonyl (C=O) groups excluding carboxylic acids is 1. The largest absolute Gasteiger partial charge is 0.365 e. The Hall–Kier alpha value is -1.09. The number of hydrogen-bond donors (Lipinski definition) is 0. The highest BCUT2D eigenvalue weighted by Gasteiger charge is 2.55. The molecule has 2 nitrogen and oxygen atoms in total. The van der Waals surface area contributed by atoms with Gasteiger partial charge in [-0.3, -0.25) is 4.79 Å². The van der Waals surface area contributed by atoms with Gasteiger partial charge in [-0.25, -0.2) is 0 Å². The Morgan fingerprint density at radius 1 is 1.15 bits per heavy atom. The molecule has 0 N–H and O–H groups in total. The Morgan fingerprint density at radius 2 is 1.70 bits per heavy atom. The molecular formula is C17H27NOSi. The summed E-state index contributed by atoms with van der Waals surface area (Å²) in [7, 11) is -1.76. The van der Waals surface area contributed by atoms with Crippen LogP contribution in [0.1, 0.15) is 33.3 Å². The van der Waals surface area contributed by atoms with Gasteiger partial charge < -0.3 is 4.57 Å². The summed E-state index contributed by atoms with van der Waals surface area (Å²) in [6.45, 7) is 13.6. The highest BCUT2D eigenvalue weighted by molar-refractivity contribution is 6.80. The number of rotatable bonds is 3. The zero-order valence-electron chi connectivity index (χ0n) is 13.6. The molecule has 0 bridgehead atoms. The Bertz CT molecular complexity index is 489. The molecule has 0 saturated carbocycles. The van der Waals surface area contributed by atoms with E-state index in [1.54, 1.807) is 0 Å². The number of β-lactam (4-membered cyclic amide) rings is 1.